The summed E-state index contributed by atoms with van der Waals surface area (Å²) in [5.74, 6) is 2.14. The third-order valence-electron chi connectivity index (χ3n) is 5.18. The highest BCUT2D eigenvalue weighted by molar-refractivity contribution is 6.36. The molecule has 2 aromatic carbocycles. The number of pyridine rings is 1. The molecule has 1 amide bonds. The van der Waals surface area contributed by atoms with Gasteiger partial charge in [0.2, 0.25) is 0 Å². The predicted molar refractivity (Wildman–Crippen MR) is 122 cm³/mol. The van der Waals surface area contributed by atoms with Crippen molar-refractivity contribution in [2.75, 3.05) is 6.54 Å². The Kier molecular flexibility index (Phi) is 5.07. The summed E-state index contributed by atoms with van der Waals surface area (Å²) in [4.78, 5) is 25.5. The van der Waals surface area contributed by atoms with Crippen LogP contribution in [0.2, 0.25) is 10.0 Å². The molecule has 150 valence electrons. The van der Waals surface area contributed by atoms with Crippen LogP contribution in [-0.2, 0) is 14.1 Å². The molecule has 4 rings (SSSR count). The average molecular weight is 438 g/mol. The van der Waals surface area contributed by atoms with Crippen LogP contribution in [0.1, 0.15) is 10.4 Å². The minimum atomic E-state index is -0.252. The summed E-state index contributed by atoms with van der Waals surface area (Å²) >= 11 is 12.4. The molecule has 0 spiro atoms. The molecule has 5 nitrogen and oxygen atoms in total. The van der Waals surface area contributed by atoms with Gasteiger partial charge in [-0.15, -0.1) is 6.42 Å². The molecule has 0 saturated carbocycles. The summed E-state index contributed by atoms with van der Waals surface area (Å²) < 4.78 is 3.52. The molecular formula is C23H17Cl2N3O2. The molecule has 0 saturated heterocycles. The number of nitrogens with zero attached hydrogens (tertiary/aromatic N) is 2. The summed E-state index contributed by atoms with van der Waals surface area (Å²) in [6, 6.07) is 12.3. The molecule has 0 fully saturated rings. The van der Waals surface area contributed by atoms with Crippen molar-refractivity contribution in [2.45, 2.75) is 0 Å². The van der Waals surface area contributed by atoms with Crippen LogP contribution in [0, 0.1) is 12.3 Å². The Balaban J connectivity index is 2.02. The van der Waals surface area contributed by atoms with Gasteiger partial charge in [-0.05, 0) is 36.4 Å². The molecule has 0 aliphatic heterocycles. The molecule has 0 bridgehead atoms. The lowest BCUT2D eigenvalue weighted by Gasteiger charge is -2.09. The first-order chi connectivity index (χ1) is 14.3. The van der Waals surface area contributed by atoms with Gasteiger partial charge in [-0.3, -0.25) is 14.2 Å². The zero-order valence-electron chi connectivity index (χ0n) is 16.3. The van der Waals surface area contributed by atoms with Crippen LogP contribution in [0.25, 0.3) is 33.1 Å². The number of carbonyl (C=O) groups excluding carboxylic acids is 1. The third kappa shape index (κ3) is 3.15. The summed E-state index contributed by atoms with van der Waals surface area (Å²) in [7, 11) is 3.61. The van der Waals surface area contributed by atoms with Crippen molar-refractivity contribution < 1.29 is 4.79 Å². The van der Waals surface area contributed by atoms with Crippen LogP contribution >= 0.6 is 23.2 Å². The lowest BCUT2D eigenvalue weighted by molar-refractivity contribution is 0.0959. The van der Waals surface area contributed by atoms with Gasteiger partial charge in [0.1, 0.15) is 5.65 Å². The Morgan fingerprint density at radius 1 is 1.03 bits per heavy atom. The lowest BCUT2D eigenvalue weighted by atomic mass is 10.0. The molecule has 0 radical (unpaired) electrons. The molecule has 0 unspecified atom stereocenters. The lowest BCUT2D eigenvalue weighted by Crippen LogP contribution is -2.23. The van der Waals surface area contributed by atoms with Crippen LogP contribution in [0.3, 0.4) is 0 Å². The zero-order valence-corrected chi connectivity index (χ0v) is 17.8. The van der Waals surface area contributed by atoms with E-state index in [0.717, 1.165) is 21.9 Å². The van der Waals surface area contributed by atoms with E-state index in [1.807, 2.05) is 23.7 Å². The molecular weight excluding hydrogens is 421 g/mol. The topological polar surface area (TPSA) is 56.0 Å². The van der Waals surface area contributed by atoms with Crippen molar-refractivity contribution in [2.24, 2.45) is 14.1 Å². The largest absolute Gasteiger partial charge is 0.341 e. The number of benzene rings is 2. The second-order valence-electron chi connectivity index (χ2n) is 6.96. The number of fused-ring (bicyclic) bond motifs is 3. The standard InChI is InChI=1S/C23H17Cl2N3O2/c1-4-9-26-21(29)13-5-8-20-16(10-13)17-12-18(15-7-6-14(24)11-19(15)25)23(30)28(3)22(17)27(20)2/h1,5-8,10-12H,9H2,2-3H3,(H,26,29). The first-order valence-electron chi connectivity index (χ1n) is 9.12. The molecule has 2 heterocycles. The molecule has 4 aromatic rings. The van der Waals surface area contributed by atoms with Crippen molar-refractivity contribution in [3.05, 3.63) is 68.4 Å². The second kappa shape index (κ2) is 7.56. The number of rotatable bonds is 3. The van der Waals surface area contributed by atoms with E-state index >= 15 is 0 Å². The molecule has 1 N–H and O–H groups in total. The van der Waals surface area contributed by atoms with Gasteiger partial charge in [-0.1, -0.05) is 35.2 Å². The molecule has 30 heavy (non-hydrogen) atoms. The van der Waals surface area contributed by atoms with E-state index in [2.05, 4.69) is 11.2 Å². The number of halogens is 2. The summed E-state index contributed by atoms with van der Waals surface area (Å²) in [5.41, 5.74) is 3.01. The van der Waals surface area contributed by atoms with Crippen LogP contribution < -0.4 is 10.9 Å². The van der Waals surface area contributed by atoms with Gasteiger partial charge in [0.15, 0.2) is 0 Å². The molecule has 2 aromatic heterocycles. The van der Waals surface area contributed by atoms with Gasteiger partial charge in [0.25, 0.3) is 11.5 Å². The maximum Gasteiger partial charge on any atom is 0.259 e. The van der Waals surface area contributed by atoms with Crippen molar-refractivity contribution in [1.29, 1.82) is 0 Å². The van der Waals surface area contributed by atoms with Crippen molar-refractivity contribution >= 4 is 51.0 Å². The number of amides is 1. The Labute approximate surface area is 182 Å². The molecule has 0 aliphatic rings. The fourth-order valence-corrected chi connectivity index (χ4v) is 4.28. The van der Waals surface area contributed by atoms with Gasteiger partial charge < -0.3 is 9.88 Å². The molecule has 7 heteroatoms. The number of nitrogens with one attached hydrogen (secondary N) is 1. The van der Waals surface area contributed by atoms with Crippen LogP contribution in [-0.4, -0.2) is 21.6 Å². The average Bonchev–Trinajstić information content (AvgIpc) is 3.00. The van der Waals surface area contributed by atoms with Crippen LogP contribution in [0.5, 0.6) is 0 Å². The smallest absolute Gasteiger partial charge is 0.259 e. The SMILES string of the molecule is C#CCNC(=O)c1ccc2c(c1)c1cc(-c3ccc(Cl)cc3Cl)c(=O)n(C)c1n2C. The van der Waals surface area contributed by atoms with Crippen molar-refractivity contribution in [1.82, 2.24) is 14.5 Å². The van der Waals surface area contributed by atoms with Crippen molar-refractivity contribution in [3.63, 3.8) is 0 Å². The molecule has 0 aliphatic carbocycles. The highest BCUT2D eigenvalue weighted by Gasteiger charge is 2.18. The maximum atomic E-state index is 13.1. The van der Waals surface area contributed by atoms with E-state index < -0.39 is 0 Å². The third-order valence-corrected chi connectivity index (χ3v) is 5.73. The number of aryl methyl sites for hydroxylation is 2. The van der Waals surface area contributed by atoms with E-state index in [1.165, 1.54) is 0 Å². The monoisotopic (exact) mass is 437 g/mol. The van der Waals surface area contributed by atoms with Gasteiger partial charge in [0.05, 0.1) is 17.1 Å². The maximum absolute atomic E-state index is 13.1. The number of aromatic nitrogens is 2. The highest BCUT2D eigenvalue weighted by atomic mass is 35.5. The first kappa shape index (κ1) is 20.1. The molecule has 0 atom stereocenters. The minimum absolute atomic E-state index is 0.153. The van der Waals surface area contributed by atoms with Gasteiger partial charge in [-0.25, -0.2) is 0 Å². The van der Waals surface area contributed by atoms with Crippen LogP contribution in [0.15, 0.2) is 47.3 Å². The quantitative estimate of drug-likeness (QED) is 0.483. The number of hydrogen-bond acceptors (Lipinski definition) is 2. The van der Waals surface area contributed by atoms with E-state index in [4.69, 9.17) is 29.6 Å². The number of carbonyl (C=O) groups is 1. The summed E-state index contributed by atoms with van der Waals surface area (Å²) in [6.45, 7) is 0.153. The Morgan fingerprint density at radius 3 is 2.50 bits per heavy atom. The number of terminal acetylenes is 1. The summed E-state index contributed by atoms with van der Waals surface area (Å²) in [5, 5.41) is 5.25. The second-order valence-corrected chi connectivity index (χ2v) is 7.81. The Hall–Kier alpha value is -3.20. The normalized spacial score (nSPS) is 11.0. The Bertz CT molecular complexity index is 1440. The van der Waals surface area contributed by atoms with Crippen LogP contribution in [0.4, 0.5) is 0 Å². The van der Waals surface area contributed by atoms with E-state index in [1.54, 1.807) is 41.9 Å². The fourth-order valence-electron chi connectivity index (χ4n) is 3.77. The van der Waals surface area contributed by atoms with Gasteiger partial charge in [-0.2, -0.15) is 0 Å². The van der Waals surface area contributed by atoms with Gasteiger partial charge in [0, 0.05) is 46.6 Å². The summed E-state index contributed by atoms with van der Waals surface area (Å²) in [6.07, 6.45) is 5.23. The zero-order chi connectivity index (χ0) is 21.6. The van der Waals surface area contributed by atoms with Crippen molar-refractivity contribution in [3.8, 4) is 23.5 Å². The minimum Gasteiger partial charge on any atom is -0.341 e. The number of hydrogen-bond donors (Lipinski definition) is 1. The van der Waals surface area contributed by atoms with E-state index in [0.29, 0.717) is 26.7 Å². The highest BCUT2D eigenvalue weighted by Crippen LogP contribution is 2.33. The predicted octanol–water partition coefficient (Wildman–Crippen LogP) is 4.37. The van der Waals surface area contributed by atoms with E-state index in [9.17, 15) is 9.59 Å². The fraction of sp³-hybridized carbons (Fsp3) is 0.130. The first-order valence-corrected chi connectivity index (χ1v) is 9.88. The van der Waals surface area contributed by atoms with E-state index in [-0.39, 0.29) is 18.0 Å². The Morgan fingerprint density at radius 2 is 1.80 bits per heavy atom. The van der Waals surface area contributed by atoms with Gasteiger partial charge >= 0.3 is 0 Å².